The molecule has 1 aliphatic heterocycles. The number of carbonyl (C=O) groups is 1. The SMILES string of the molecule is C=CC(=O)N1CCC(n2nc(-c3ccc(Oc4ccncc4)cc3)c3cncc(Cl)c32)C1. The minimum absolute atomic E-state index is 0.0318. The van der Waals surface area contributed by atoms with E-state index in [9.17, 15) is 4.79 Å². The van der Waals surface area contributed by atoms with Gasteiger partial charge in [-0.05, 0) is 48.9 Å². The van der Waals surface area contributed by atoms with Crippen molar-refractivity contribution < 1.29 is 9.53 Å². The molecule has 1 atom stereocenters. The third-order valence-corrected chi connectivity index (χ3v) is 5.85. The van der Waals surface area contributed by atoms with E-state index in [0.29, 0.717) is 23.9 Å². The van der Waals surface area contributed by atoms with Gasteiger partial charge in [0.2, 0.25) is 5.91 Å². The number of likely N-dealkylation sites (tertiary alicyclic amines) is 1. The van der Waals surface area contributed by atoms with Crippen molar-refractivity contribution in [2.24, 2.45) is 0 Å². The molecule has 0 saturated carbocycles. The lowest BCUT2D eigenvalue weighted by atomic mass is 10.1. The molecule has 0 N–H and O–H groups in total. The van der Waals surface area contributed by atoms with Gasteiger partial charge in [-0.2, -0.15) is 5.10 Å². The molecular weight excluding hydrogens is 426 g/mol. The maximum absolute atomic E-state index is 12.0. The number of nitrogens with zero attached hydrogens (tertiary/aromatic N) is 5. The lowest BCUT2D eigenvalue weighted by Crippen LogP contribution is -2.27. The highest BCUT2D eigenvalue weighted by Gasteiger charge is 2.29. The van der Waals surface area contributed by atoms with Gasteiger partial charge in [0.15, 0.2) is 0 Å². The Morgan fingerprint density at radius 2 is 1.84 bits per heavy atom. The maximum atomic E-state index is 12.0. The van der Waals surface area contributed by atoms with Gasteiger partial charge in [-0.3, -0.25) is 19.4 Å². The van der Waals surface area contributed by atoms with Gasteiger partial charge in [0.1, 0.15) is 17.2 Å². The Balaban J connectivity index is 1.49. The summed E-state index contributed by atoms with van der Waals surface area (Å²) in [6.45, 7) is 4.82. The van der Waals surface area contributed by atoms with E-state index in [2.05, 4.69) is 16.5 Å². The van der Waals surface area contributed by atoms with Crippen LogP contribution in [0.5, 0.6) is 11.5 Å². The van der Waals surface area contributed by atoms with E-state index in [1.165, 1.54) is 6.08 Å². The fourth-order valence-corrected chi connectivity index (χ4v) is 4.26. The summed E-state index contributed by atoms with van der Waals surface area (Å²) >= 11 is 6.54. The van der Waals surface area contributed by atoms with Crippen LogP contribution in [-0.2, 0) is 4.79 Å². The van der Waals surface area contributed by atoms with E-state index in [0.717, 1.165) is 34.3 Å². The van der Waals surface area contributed by atoms with Gasteiger partial charge in [-0.1, -0.05) is 18.2 Å². The van der Waals surface area contributed by atoms with Crippen molar-refractivity contribution in [2.75, 3.05) is 13.1 Å². The molecule has 5 rings (SSSR count). The van der Waals surface area contributed by atoms with Gasteiger partial charge in [-0.25, -0.2) is 0 Å². The Hall–Kier alpha value is -3.71. The average molecular weight is 446 g/mol. The van der Waals surface area contributed by atoms with Crippen molar-refractivity contribution in [3.05, 3.63) is 78.9 Å². The molecule has 4 heterocycles. The molecule has 0 aliphatic carbocycles. The first-order chi connectivity index (χ1) is 15.6. The topological polar surface area (TPSA) is 73.1 Å². The summed E-state index contributed by atoms with van der Waals surface area (Å²) in [6, 6.07) is 11.4. The molecule has 1 unspecified atom stereocenters. The van der Waals surface area contributed by atoms with Gasteiger partial charge in [0.25, 0.3) is 0 Å². The normalized spacial score (nSPS) is 15.8. The van der Waals surface area contributed by atoms with Crippen molar-refractivity contribution in [2.45, 2.75) is 12.5 Å². The number of pyridine rings is 2. The van der Waals surface area contributed by atoms with Crippen LogP contribution in [0.15, 0.2) is 73.8 Å². The number of ether oxygens (including phenoxy) is 1. The highest BCUT2D eigenvalue weighted by Crippen LogP contribution is 2.36. The Morgan fingerprint density at radius 3 is 2.59 bits per heavy atom. The smallest absolute Gasteiger partial charge is 0.246 e. The number of amides is 1. The lowest BCUT2D eigenvalue weighted by molar-refractivity contribution is -0.125. The Morgan fingerprint density at radius 1 is 1.09 bits per heavy atom. The van der Waals surface area contributed by atoms with Crippen LogP contribution >= 0.6 is 11.6 Å². The second-order valence-electron chi connectivity index (χ2n) is 7.55. The summed E-state index contributed by atoms with van der Waals surface area (Å²) in [5, 5.41) is 6.32. The van der Waals surface area contributed by atoms with Crippen LogP contribution in [0.25, 0.3) is 22.2 Å². The van der Waals surface area contributed by atoms with Crippen LogP contribution in [0.1, 0.15) is 12.5 Å². The molecule has 160 valence electrons. The quantitative estimate of drug-likeness (QED) is 0.408. The van der Waals surface area contributed by atoms with Crippen molar-refractivity contribution in [3.63, 3.8) is 0 Å². The molecule has 0 spiro atoms. The van der Waals surface area contributed by atoms with Crippen molar-refractivity contribution in [1.29, 1.82) is 0 Å². The van der Waals surface area contributed by atoms with Gasteiger partial charge >= 0.3 is 0 Å². The highest BCUT2D eigenvalue weighted by atomic mass is 35.5. The van der Waals surface area contributed by atoms with Crippen LogP contribution in [-0.4, -0.2) is 43.6 Å². The number of aromatic nitrogens is 4. The van der Waals surface area contributed by atoms with E-state index in [1.807, 2.05) is 28.9 Å². The molecule has 7 nitrogen and oxygen atoms in total. The Bertz CT molecular complexity index is 1290. The van der Waals surface area contributed by atoms with E-state index >= 15 is 0 Å². The molecule has 1 fully saturated rings. The molecule has 3 aromatic heterocycles. The summed E-state index contributed by atoms with van der Waals surface area (Å²) in [5.41, 5.74) is 2.54. The summed E-state index contributed by atoms with van der Waals surface area (Å²) in [7, 11) is 0. The predicted octanol–water partition coefficient (Wildman–Crippen LogP) is 4.90. The van der Waals surface area contributed by atoms with Crippen molar-refractivity contribution >= 4 is 28.4 Å². The van der Waals surface area contributed by atoms with E-state index < -0.39 is 0 Å². The number of fused-ring (bicyclic) bond motifs is 1. The highest BCUT2D eigenvalue weighted by molar-refractivity contribution is 6.35. The number of benzene rings is 1. The summed E-state index contributed by atoms with van der Waals surface area (Å²) in [4.78, 5) is 22.1. The van der Waals surface area contributed by atoms with Gasteiger partial charge in [-0.15, -0.1) is 0 Å². The molecule has 1 saturated heterocycles. The zero-order valence-electron chi connectivity index (χ0n) is 17.2. The third kappa shape index (κ3) is 3.71. The van der Waals surface area contributed by atoms with Crippen LogP contribution in [0, 0.1) is 0 Å². The number of rotatable bonds is 5. The average Bonchev–Trinajstić information content (AvgIpc) is 3.46. The summed E-state index contributed by atoms with van der Waals surface area (Å²) in [5.74, 6) is 1.37. The maximum Gasteiger partial charge on any atom is 0.246 e. The first kappa shape index (κ1) is 20.2. The van der Waals surface area contributed by atoms with Gasteiger partial charge < -0.3 is 9.64 Å². The molecular formula is C24H20ClN5O2. The molecule has 0 radical (unpaired) electrons. The van der Waals surface area contributed by atoms with Crippen molar-refractivity contribution in [3.8, 4) is 22.8 Å². The molecule has 1 aliphatic rings. The van der Waals surface area contributed by atoms with Crippen LogP contribution in [0.4, 0.5) is 0 Å². The zero-order chi connectivity index (χ0) is 22.1. The van der Waals surface area contributed by atoms with Gasteiger partial charge in [0.05, 0.1) is 16.6 Å². The Labute approximate surface area is 189 Å². The molecule has 1 amide bonds. The van der Waals surface area contributed by atoms with E-state index in [-0.39, 0.29) is 11.9 Å². The van der Waals surface area contributed by atoms with Crippen LogP contribution < -0.4 is 4.74 Å². The predicted molar refractivity (Wildman–Crippen MR) is 123 cm³/mol. The third-order valence-electron chi connectivity index (χ3n) is 5.57. The molecule has 32 heavy (non-hydrogen) atoms. The van der Waals surface area contributed by atoms with E-state index in [4.69, 9.17) is 21.4 Å². The standard InChI is InChI=1S/C24H20ClN5O2/c1-2-22(31)29-12-9-17(15-29)30-24-20(13-27-14-21(24)25)23(28-30)16-3-5-18(6-4-16)32-19-7-10-26-11-8-19/h2-8,10-11,13-14,17H,1,9,12,15H2. The fourth-order valence-electron chi connectivity index (χ4n) is 4.02. The number of hydrogen-bond acceptors (Lipinski definition) is 5. The minimum Gasteiger partial charge on any atom is -0.457 e. The fraction of sp³-hybridized carbons (Fsp3) is 0.167. The van der Waals surface area contributed by atoms with Crippen LogP contribution in [0.3, 0.4) is 0 Å². The Kier molecular flexibility index (Phi) is 5.33. The number of carbonyl (C=O) groups excluding carboxylic acids is 1. The monoisotopic (exact) mass is 445 g/mol. The first-order valence-corrected chi connectivity index (χ1v) is 10.6. The zero-order valence-corrected chi connectivity index (χ0v) is 17.9. The van der Waals surface area contributed by atoms with Crippen LogP contribution in [0.2, 0.25) is 5.02 Å². The molecule has 1 aromatic carbocycles. The minimum atomic E-state index is -0.0678. The summed E-state index contributed by atoms with van der Waals surface area (Å²) in [6.07, 6.45) is 8.93. The van der Waals surface area contributed by atoms with Crippen molar-refractivity contribution in [1.82, 2.24) is 24.6 Å². The number of hydrogen-bond donors (Lipinski definition) is 0. The first-order valence-electron chi connectivity index (χ1n) is 10.3. The second kappa shape index (κ2) is 8.43. The largest absolute Gasteiger partial charge is 0.457 e. The molecule has 8 heteroatoms. The van der Waals surface area contributed by atoms with E-state index in [1.54, 1.807) is 41.8 Å². The lowest BCUT2D eigenvalue weighted by Gasteiger charge is -2.15. The summed E-state index contributed by atoms with van der Waals surface area (Å²) < 4.78 is 7.80. The molecule has 0 bridgehead atoms. The second-order valence-corrected chi connectivity index (χ2v) is 7.96. The molecule has 4 aromatic rings. The number of halogens is 1. The van der Waals surface area contributed by atoms with Gasteiger partial charge in [0, 0.05) is 48.8 Å².